The molecule has 2 aliphatic rings. The van der Waals surface area contributed by atoms with Gasteiger partial charge in [-0.05, 0) is 31.9 Å². The summed E-state index contributed by atoms with van der Waals surface area (Å²) in [6.45, 7) is 5.69. The Morgan fingerprint density at radius 2 is 2.00 bits per heavy atom. The molecule has 2 fully saturated rings. The number of aromatic nitrogens is 1. The second-order valence-corrected chi connectivity index (χ2v) is 8.50. The van der Waals surface area contributed by atoms with Gasteiger partial charge in [0.1, 0.15) is 0 Å². The van der Waals surface area contributed by atoms with Crippen LogP contribution in [0.5, 0.6) is 0 Å². The van der Waals surface area contributed by atoms with Gasteiger partial charge in [0.15, 0.2) is 11.4 Å². The first kappa shape index (κ1) is 19.1. The molecule has 1 aromatic heterocycles. The third-order valence-electron chi connectivity index (χ3n) is 5.37. The summed E-state index contributed by atoms with van der Waals surface area (Å²) in [6.07, 6.45) is 1.90. The lowest BCUT2D eigenvalue weighted by molar-refractivity contribution is 0.00570. The van der Waals surface area contributed by atoms with Crippen molar-refractivity contribution in [2.45, 2.75) is 25.4 Å². The zero-order valence-corrected chi connectivity index (χ0v) is 16.6. The maximum atomic E-state index is 12.6. The minimum absolute atomic E-state index is 0.227. The molecule has 2 aromatic rings. The lowest BCUT2D eigenvalue weighted by Gasteiger charge is -2.35. The minimum atomic E-state index is -0.710. The van der Waals surface area contributed by atoms with Crippen LogP contribution in [0.25, 0.3) is 10.2 Å². The van der Waals surface area contributed by atoms with Gasteiger partial charge in [-0.1, -0.05) is 11.3 Å². The number of carbonyl (C=O) groups excluding carboxylic acids is 2. The Hall–Kier alpha value is -2.23. The fraction of sp³-hybridized carbons (Fsp3) is 0.526. The number of thiazole rings is 1. The molecule has 0 bridgehead atoms. The highest BCUT2D eigenvalue weighted by Gasteiger charge is 2.30. The van der Waals surface area contributed by atoms with Gasteiger partial charge in [0.05, 0.1) is 34.7 Å². The van der Waals surface area contributed by atoms with Crippen LogP contribution in [-0.2, 0) is 4.74 Å². The third kappa shape index (κ3) is 3.82. The Morgan fingerprint density at radius 1 is 1.29 bits per heavy atom. The normalized spacial score (nSPS) is 19.6. The first-order valence-corrected chi connectivity index (χ1v) is 10.3. The van der Waals surface area contributed by atoms with Crippen LogP contribution in [0.4, 0.5) is 15.6 Å². The number of likely N-dealkylation sites (tertiary alicyclic amines) is 1. The van der Waals surface area contributed by atoms with Crippen LogP contribution in [0.1, 0.15) is 30.1 Å². The zero-order chi connectivity index (χ0) is 19.7. The van der Waals surface area contributed by atoms with Crippen molar-refractivity contribution < 1.29 is 19.4 Å². The van der Waals surface area contributed by atoms with Crippen LogP contribution in [0, 0.1) is 0 Å². The highest BCUT2D eigenvalue weighted by atomic mass is 32.1. The number of nitrogens with one attached hydrogen (secondary N) is 1. The quantitative estimate of drug-likeness (QED) is 0.763. The highest BCUT2D eigenvalue weighted by Crippen LogP contribution is 2.36. The summed E-state index contributed by atoms with van der Waals surface area (Å²) in [5, 5.41) is 13.4. The van der Waals surface area contributed by atoms with Crippen LogP contribution in [-0.4, -0.2) is 72.3 Å². The van der Waals surface area contributed by atoms with E-state index < -0.39 is 5.60 Å². The van der Waals surface area contributed by atoms with Gasteiger partial charge < -0.3 is 19.6 Å². The standard InChI is InChI=1S/C19H24N4O4S/c1-19(26)4-6-23(7-5-19)18(25)21-17-20-15-13(12-24)2-3-14(16(15)28-17)22-8-10-27-11-9-22/h2-3,12,26H,4-11H2,1H3,(H,20,21,25). The van der Waals surface area contributed by atoms with Crippen molar-refractivity contribution in [1.29, 1.82) is 0 Å². The number of carbonyl (C=O) groups is 2. The summed E-state index contributed by atoms with van der Waals surface area (Å²) in [7, 11) is 0. The van der Waals surface area contributed by atoms with Gasteiger partial charge in [-0.3, -0.25) is 10.1 Å². The van der Waals surface area contributed by atoms with Crippen LogP contribution in [0.15, 0.2) is 12.1 Å². The number of ether oxygens (including phenoxy) is 1. The molecule has 2 aliphatic heterocycles. The van der Waals surface area contributed by atoms with Crippen LogP contribution in [0.3, 0.4) is 0 Å². The average molecular weight is 404 g/mol. The maximum Gasteiger partial charge on any atom is 0.323 e. The molecule has 28 heavy (non-hydrogen) atoms. The monoisotopic (exact) mass is 404 g/mol. The Morgan fingerprint density at radius 3 is 2.68 bits per heavy atom. The second kappa shape index (κ2) is 7.65. The van der Waals surface area contributed by atoms with E-state index in [0.717, 1.165) is 29.8 Å². The predicted octanol–water partition coefficient (Wildman–Crippen LogP) is 2.32. The number of aldehydes is 1. The zero-order valence-electron chi connectivity index (χ0n) is 15.8. The molecule has 150 valence electrons. The number of hydrogen-bond acceptors (Lipinski definition) is 7. The minimum Gasteiger partial charge on any atom is -0.390 e. The summed E-state index contributed by atoms with van der Waals surface area (Å²) in [4.78, 5) is 32.5. The number of anilines is 2. The molecule has 0 radical (unpaired) electrons. The van der Waals surface area contributed by atoms with Crippen molar-refractivity contribution in [3.8, 4) is 0 Å². The van der Waals surface area contributed by atoms with Gasteiger partial charge in [-0.25, -0.2) is 9.78 Å². The molecule has 2 N–H and O–H groups in total. The van der Waals surface area contributed by atoms with Crippen LogP contribution in [0.2, 0.25) is 0 Å². The number of fused-ring (bicyclic) bond motifs is 1. The second-order valence-electron chi connectivity index (χ2n) is 7.50. The molecule has 8 nitrogen and oxygen atoms in total. The van der Waals surface area contributed by atoms with Crippen molar-refractivity contribution in [1.82, 2.24) is 9.88 Å². The number of piperidine rings is 1. The Labute approximate surface area is 167 Å². The molecule has 3 heterocycles. The van der Waals surface area contributed by atoms with Gasteiger partial charge >= 0.3 is 6.03 Å². The molecular weight excluding hydrogens is 380 g/mol. The predicted molar refractivity (Wildman–Crippen MR) is 108 cm³/mol. The summed E-state index contributed by atoms with van der Waals surface area (Å²) in [5.41, 5.74) is 1.42. The number of amides is 2. The van der Waals surface area contributed by atoms with Crippen molar-refractivity contribution in [2.24, 2.45) is 0 Å². The average Bonchev–Trinajstić information content (AvgIpc) is 3.11. The molecule has 0 atom stereocenters. The fourth-order valence-corrected chi connectivity index (χ4v) is 4.61. The Bertz CT molecular complexity index is 881. The van der Waals surface area contributed by atoms with Gasteiger partial charge in [0, 0.05) is 31.7 Å². The number of hydrogen-bond donors (Lipinski definition) is 2. The van der Waals surface area contributed by atoms with Gasteiger partial charge in [-0.2, -0.15) is 0 Å². The van der Waals surface area contributed by atoms with E-state index in [1.807, 2.05) is 6.07 Å². The van der Waals surface area contributed by atoms with Gasteiger partial charge in [0.25, 0.3) is 0 Å². The van der Waals surface area contributed by atoms with E-state index in [0.29, 0.717) is 55.4 Å². The molecule has 4 rings (SSSR count). The molecule has 0 spiro atoms. The lowest BCUT2D eigenvalue weighted by atomic mass is 9.94. The molecule has 2 saturated heterocycles. The van der Waals surface area contributed by atoms with Crippen LogP contribution < -0.4 is 10.2 Å². The fourth-order valence-electron chi connectivity index (χ4n) is 3.58. The SMILES string of the molecule is CC1(O)CCN(C(=O)Nc2nc3c(C=O)ccc(N4CCOCC4)c3s2)CC1. The first-order valence-electron chi connectivity index (χ1n) is 9.46. The highest BCUT2D eigenvalue weighted by molar-refractivity contribution is 7.23. The van der Waals surface area contributed by atoms with E-state index in [-0.39, 0.29) is 6.03 Å². The summed E-state index contributed by atoms with van der Waals surface area (Å²) >= 11 is 1.38. The van der Waals surface area contributed by atoms with E-state index in [2.05, 4.69) is 15.2 Å². The largest absolute Gasteiger partial charge is 0.390 e. The van der Waals surface area contributed by atoms with Crippen LogP contribution >= 0.6 is 11.3 Å². The van der Waals surface area contributed by atoms with Crippen molar-refractivity contribution >= 4 is 44.7 Å². The molecule has 0 saturated carbocycles. The number of aliphatic hydroxyl groups is 1. The summed E-state index contributed by atoms with van der Waals surface area (Å²) in [6, 6.07) is 3.49. The smallest absolute Gasteiger partial charge is 0.323 e. The Balaban J connectivity index is 1.58. The van der Waals surface area contributed by atoms with Crippen molar-refractivity contribution in [2.75, 3.05) is 49.6 Å². The molecular formula is C19H24N4O4S. The summed E-state index contributed by atoms with van der Waals surface area (Å²) in [5.74, 6) is 0. The number of morpholine rings is 1. The third-order valence-corrected chi connectivity index (χ3v) is 6.37. The number of urea groups is 1. The molecule has 2 amide bonds. The first-order chi connectivity index (χ1) is 13.5. The van der Waals surface area contributed by atoms with E-state index in [4.69, 9.17) is 4.74 Å². The molecule has 1 aromatic carbocycles. The number of rotatable bonds is 3. The van der Waals surface area contributed by atoms with Gasteiger partial charge in [0.2, 0.25) is 0 Å². The number of benzene rings is 1. The van der Waals surface area contributed by atoms with E-state index in [1.165, 1.54) is 11.3 Å². The van der Waals surface area contributed by atoms with E-state index in [1.54, 1.807) is 17.9 Å². The van der Waals surface area contributed by atoms with Crippen molar-refractivity contribution in [3.05, 3.63) is 17.7 Å². The lowest BCUT2D eigenvalue weighted by Crippen LogP contribution is -2.46. The summed E-state index contributed by atoms with van der Waals surface area (Å²) < 4.78 is 6.32. The topological polar surface area (TPSA) is 95.0 Å². The van der Waals surface area contributed by atoms with Crippen molar-refractivity contribution in [3.63, 3.8) is 0 Å². The number of nitrogens with zero attached hydrogens (tertiary/aromatic N) is 3. The van der Waals surface area contributed by atoms with E-state index in [9.17, 15) is 14.7 Å². The Kier molecular flexibility index (Phi) is 5.22. The van der Waals surface area contributed by atoms with E-state index >= 15 is 0 Å². The molecule has 9 heteroatoms. The molecule has 0 aliphatic carbocycles. The molecule has 0 unspecified atom stereocenters. The van der Waals surface area contributed by atoms with Gasteiger partial charge in [-0.15, -0.1) is 0 Å². The maximum absolute atomic E-state index is 12.6.